The molecule has 6 aromatic carbocycles. The molecular weight excluding hydrogens is 581 g/mol. The van der Waals surface area contributed by atoms with Crippen LogP contribution in [-0.4, -0.2) is 24.5 Å². The van der Waals surface area contributed by atoms with Gasteiger partial charge in [0, 0.05) is 21.6 Å². The molecule has 6 aromatic rings. The van der Waals surface area contributed by atoms with Crippen molar-refractivity contribution < 1.29 is 9.31 Å². The minimum absolute atomic E-state index is 0.361. The summed E-state index contributed by atoms with van der Waals surface area (Å²) in [6.07, 6.45) is 1.99. The molecule has 0 unspecified atom stereocenters. The third-order valence-electron chi connectivity index (χ3n) is 9.64. The smallest absolute Gasteiger partial charge is 0.399 e. The maximum atomic E-state index is 6.29. The Labute approximate surface area is 275 Å². The Balaban J connectivity index is 1.11. The molecule has 0 N–H and O–H groups in total. The molecule has 1 saturated heterocycles. The van der Waals surface area contributed by atoms with E-state index in [4.69, 9.17) is 14.3 Å². The van der Waals surface area contributed by atoms with Crippen LogP contribution in [-0.2, 0) is 9.31 Å². The number of fused-ring (bicyclic) bond motifs is 3. The van der Waals surface area contributed by atoms with Gasteiger partial charge in [-0.2, -0.15) is 0 Å². The zero-order chi connectivity index (χ0) is 31.5. The van der Waals surface area contributed by atoms with E-state index in [0.717, 1.165) is 16.7 Å². The van der Waals surface area contributed by atoms with Gasteiger partial charge in [-0.3, -0.25) is 4.99 Å². The van der Waals surface area contributed by atoms with Gasteiger partial charge in [-0.1, -0.05) is 127 Å². The van der Waals surface area contributed by atoms with Crippen molar-refractivity contribution in [3.63, 3.8) is 0 Å². The number of hydrogen-bond donors (Lipinski definition) is 0. The Morgan fingerprint density at radius 3 is 1.72 bits per heavy atom. The van der Waals surface area contributed by atoms with Gasteiger partial charge in [0.1, 0.15) is 0 Å². The fourth-order valence-corrected chi connectivity index (χ4v) is 7.45. The van der Waals surface area contributed by atoms with Gasteiger partial charge < -0.3 is 9.31 Å². The summed E-state index contributed by atoms with van der Waals surface area (Å²) >= 11 is 1.80. The normalized spacial score (nSPS) is 16.2. The summed E-state index contributed by atoms with van der Waals surface area (Å²) < 4.78 is 12.6. The van der Waals surface area contributed by atoms with Gasteiger partial charge in [0.25, 0.3) is 0 Å². The average Bonchev–Trinajstić information content (AvgIpc) is 3.19. The number of rotatable bonds is 4. The van der Waals surface area contributed by atoms with Gasteiger partial charge in [0.2, 0.25) is 0 Å². The summed E-state index contributed by atoms with van der Waals surface area (Å²) in [7, 11) is -0.366. The topological polar surface area (TPSA) is 30.8 Å². The molecule has 224 valence electrons. The molecule has 2 heterocycles. The van der Waals surface area contributed by atoms with Gasteiger partial charge in [0.05, 0.1) is 16.9 Å². The van der Waals surface area contributed by atoms with E-state index in [-0.39, 0.29) is 18.3 Å². The molecular formula is C41H34BNO2S. The van der Waals surface area contributed by atoms with Crippen molar-refractivity contribution >= 4 is 47.0 Å². The van der Waals surface area contributed by atoms with Crippen LogP contribution in [0.2, 0.25) is 0 Å². The van der Waals surface area contributed by atoms with Crippen molar-refractivity contribution in [2.24, 2.45) is 4.99 Å². The van der Waals surface area contributed by atoms with Gasteiger partial charge in [-0.05, 0) is 89.4 Å². The van der Waals surface area contributed by atoms with Gasteiger partial charge in [0.15, 0.2) is 0 Å². The summed E-state index contributed by atoms with van der Waals surface area (Å²) in [4.78, 5) is 7.17. The summed E-state index contributed by atoms with van der Waals surface area (Å²) in [5.74, 6) is 0. The fourth-order valence-electron chi connectivity index (χ4n) is 6.33. The molecule has 2 aliphatic heterocycles. The molecule has 0 aromatic heterocycles. The Morgan fingerprint density at radius 1 is 0.543 bits per heavy atom. The van der Waals surface area contributed by atoms with Crippen molar-refractivity contribution in [2.75, 3.05) is 0 Å². The van der Waals surface area contributed by atoms with Gasteiger partial charge in [-0.15, -0.1) is 0 Å². The second kappa shape index (κ2) is 11.1. The minimum atomic E-state index is -0.366. The number of hydrogen-bond acceptors (Lipinski definition) is 4. The van der Waals surface area contributed by atoms with Crippen molar-refractivity contribution in [2.45, 2.75) is 48.7 Å². The lowest BCUT2D eigenvalue weighted by Crippen LogP contribution is -2.41. The first-order chi connectivity index (χ1) is 22.3. The molecule has 8 rings (SSSR count). The average molecular weight is 616 g/mol. The van der Waals surface area contributed by atoms with E-state index in [1.165, 1.54) is 53.9 Å². The van der Waals surface area contributed by atoms with E-state index in [2.05, 4.69) is 149 Å². The number of para-hydroxylation sites is 1. The number of benzene rings is 6. The summed E-state index contributed by atoms with van der Waals surface area (Å²) in [5, 5.41) is 2.47. The lowest BCUT2D eigenvalue weighted by atomic mass is 9.78. The molecule has 0 spiro atoms. The van der Waals surface area contributed by atoms with E-state index in [1.54, 1.807) is 11.8 Å². The van der Waals surface area contributed by atoms with E-state index in [0.29, 0.717) is 0 Å². The number of aliphatic imine (C=N–C) groups is 1. The van der Waals surface area contributed by atoms with E-state index < -0.39 is 0 Å². The molecule has 0 amide bonds. The molecule has 3 nitrogen and oxygen atoms in total. The monoisotopic (exact) mass is 615 g/mol. The van der Waals surface area contributed by atoms with Gasteiger partial charge in [-0.25, -0.2) is 0 Å². The van der Waals surface area contributed by atoms with Crippen LogP contribution < -0.4 is 5.46 Å². The first-order valence-electron chi connectivity index (χ1n) is 15.8. The summed E-state index contributed by atoms with van der Waals surface area (Å²) in [5.41, 5.74) is 9.70. The number of nitrogens with zero attached hydrogens (tertiary/aromatic N) is 1. The third-order valence-corrected chi connectivity index (χ3v) is 10.9. The minimum Gasteiger partial charge on any atom is -0.399 e. The highest BCUT2D eigenvalue weighted by atomic mass is 32.2. The van der Waals surface area contributed by atoms with Crippen molar-refractivity contribution in [3.05, 3.63) is 133 Å². The highest BCUT2D eigenvalue weighted by Gasteiger charge is 2.51. The molecule has 0 atom stereocenters. The van der Waals surface area contributed by atoms with Crippen molar-refractivity contribution in [1.82, 2.24) is 0 Å². The van der Waals surface area contributed by atoms with Crippen molar-refractivity contribution in [3.8, 4) is 33.4 Å². The van der Waals surface area contributed by atoms with Crippen LogP contribution in [0.1, 0.15) is 33.3 Å². The second-order valence-electron chi connectivity index (χ2n) is 13.0. The maximum Gasteiger partial charge on any atom is 0.494 e. The predicted molar refractivity (Wildman–Crippen MR) is 194 cm³/mol. The largest absolute Gasteiger partial charge is 0.494 e. The second-order valence-corrected chi connectivity index (χ2v) is 14.1. The molecule has 0 bridgehead atoms. The fraction of sp³-hybridized carbons (Fsp3) is 0.146. The van der Waals surface area contributed by atoms with Crippen molar-refractivity contribution in [1.29, 1.82) is 0 Å². The third kappa shape index (κ3) is 5.00. The Hall–Kier alpha value is -4.42. The maximum absolute atomic E-state index is 6.29. The summed E-state index contributed by atoms with van der Waals surface area (Å²) in [6.45, 7) is 8.36. The molecule has 2 aliphatic rings. The lowest BCUT2D eigenvalue weighted by molar-refractivity contribution is 0.00578. The quantitative estimate of drug-likeness (QED) is 0.185. The van der Waals surface area contributed by atoms with Crippen LogP contribution in [0, 0.1) is 0 Å². The highest BCUT2D eigenvalue weighted by Crippen LogP contribution is 2.44. The Morgan fingerprint density at radius 2 is 1.09 bits per heavy atom. The molecule has 5 heteroatoms. The first kappa shape index (κ1) is 29.0. The molecule has 0 radical (unpaired) electrons. The molecule has 46 heavy (non-hydrogen) atoms. The lowest BCUT2D eigenvalue weighted by Gasteiger charge is -2.32. The van der Waals surface area contributed by atoms with Crippen LogP contribution in [0.5, 0.6) is 0 Å². The van der Waals surface area contributed by atoms with Crippen LogP contribution in [0.4, 0.5) is 5.69 Å². The van der Waals surface area contributed by atoms with E-state index >= 15 is 0 Å². The molecule has 0 saturated carbocycles. The zero-order valence-electron chi connectivity index (χ0n) is 26.5. The highest BCUT2D eigenvalue weighted by molar-refractivity contribution is 7.99. The molecule has 1 fully saturated rings. The summed E-state index contributed by atoms with van der Waals surface area (Å²) in [6, 6.07) is 45.6. The van der Waals surface area contributed by atoms with E-state index in [1.807, 2.05) is 12.3 Å². The Bertz CT molecular complexity index is 2120. The van der Waals surface area contributed by atoms with Crippen LogP contribution in [0.3, 0.4) is 0 Å². The standard InChI is InChI=1S/C41H34BNO2S/c1-40(2)41(3,4)45-42(44-40)31-22-20-28(21-23-31)33-25-24-32(35-11-5-6-12-36(33)35)27-16-18-29(19-17-27)34-13-9-10-30-26-43-37-14-7-8-15-38(37)46-39(30)34/h5-26H,1-4H3. The Kier molecular flexibility index (Phi) is 7.02. The van der Waals surface area contributed by atoms with E-state index in [9.17, 15) is 0 Å². The molecule has 0 aliphatic carbocycles. The van der Waals surface area contributed by atoms with Gasteiger partial charge >= 0.3 is 7.12 Å². The predicted octanol–water partition coefficient (Wildman–Crippen LogP) is 10.4. The SMILES string of the molecule is CC1(C)OB(c2ccc(-c3ccc(-c4ccc(-c5cccc6c5Sc5ccccc5N=C6)cc4)c4ccccc34)cc2)OC1(C)C. The van der Waals surface area contributed by atoms with Crippen LogP contribution in [0.25, 0.3) is 44.2 Å². The zero-order valence-corrected chi connectivity index (χ0v) is 27.3. The van der Waals surface area contributed by atoms with Crippen LogP contribution >= 0.6 is 11.8 Å². The van der Waals surface area contributed by atoms with Crippen LogP contribution in [0.15, 0.2) is 142 Å². The first-order valence-corrected chi connectivity index (χ1v) is 16.6.